The van der Waals surface area contributed by atoms with Gasteiger partial charge in [-0.2, -0.15) is 0 Å². The van der Waals surface area contributed by atoms with Gasteiger partial charge in [0.05, 0.1) is 12.2 Å². The second kappa shape index (κ2) is 6.55. The molecule has 0 aromatic carbocycles. The molecular formula is C16H31NO2. The summed E-state index contributed by atoms with van der Waals surface area (Å²) in [5, 5.41) is 13.5. The van der Waals surface area contributed by atoms with E-state index in [0.717, 1.165) is 26.0 Å². The zero-order chi connectivity index (χ0) is 13.9. The molecule has 3 heteroatoms. The smallest absolute Gasteiger partial charge is 0.0661 e. The molecule has 1 spiro atoms. The summed E-state index contributed by atoms with van der Waals surface area (Å²) >= 11 is 0. The Morgan fingerprint density at radius 3 is 2.58 bits per heavy atom. The van der Waals surface area contributed by atoms with Gasteiger partial charge in [0.25, 0.3) is 0 Å². The first kappa shape index (κ1) is 15.3. The average molecular weight is 269 g/mol. The van der Waals surface area contributed by atoms with Gasteiger partial charge >= 0.3 is 0 Å². The van der Waals surface area contributed by atoms with Crippen LogP contribution in [0.15, 0.2) is 0 Å². The summed E-state index contributed by atoms with van der Waals surface area (Å²) < 4.78 is 5.92. The Balaban J connectivity index is 1.78. The summed E-state index contributed by atoms with van der Waals surface area (Å²) in [6.45, 7) is 8.04. The van der Waals surface area contributed by atoms with Crippen LogP contribution in [0.3, 0.4) is 0 Å². The van der Waals surface area contributed by atoms with Crippen molar-refractivity contribution in [1.29, 1.82) is 0 Å². The Bertz CT molecular complexity index is 274. The van der Waals surface area contributed by atoms with Crippen LogP contribution in [-0.4, -0.2) is 36.5 Å². The third-order valence-corrected chi connectivity index (χ3v) is 5.29. The molecule has 2 saturated carbocycles. The van der Waals surface area contributed by atoms with Crippen LogP contribution in [0.2, 0.25) is 0 Å². The Kier molecular flexibility index (Phi) is 5.27. The SMILES string of the molecule is CCOC1CC(NCCC(O)C(C)C)C12CCCC2. The van der Waals surface area contributed by atoms with Crippen molar-refractivity contribution in [2.75, 3.05) is 13.2 Å². The van der Waals surface area contributed by atoms with Crippen LogP contribution >= 0.6 is 0 Å². The van der Waals surface area contributed by atoms with Gasteiger partial charge in [-0.15, -0.1) is 0 Å². The van der Waals surface area contributed by atoms with E-state index in [1.165, 1.54) is 25.7 Å². The molecule has 0 aliphatic heterocycles. The van der Waals surface area contributed by atoms with E-state index in [4.69, 9.17) is 4.74 Å². The Hall–Kier alpha value is -0.120. The number of hydrogen-bond donors (Lipinski definition) is 2. The maximum atomic E-state index is 9.86. The summed E-state index contributed by atoms with van der Waals surface area (Å²) in [5.74, 6) is 0.361. The lowest BCUT2D eigenvalue weighted by Gasteiger charge is -2.54. The molecule has 0 aromatic heterocycles. The maximum Gasteiger partial charge on any atom is 0.0661 e. The fourth-order valence-electron chi connectivity index (χ4n) is 3.91. The summed E-state index contributed by atoms with van der Waals surface area (Å²) in [5.41, 5.74) is 0.415. The van der Waals surface area contributed by atoms with Gasteiger partial charge in [0.2, 0.25) is 0 Å². The largest absolute Gasteiger partial charge is 0.393 e. The fraction of sp³-hybridized carbons (Fsp3) is 1.00. The summed E-state index contributed by atoms with van der Waals surface area (Å²) in [7, 11) is 0. The van der Waals surface area contributed by atoms with Crippen molar-refractivity contribution in [2.45, 2.75) is 77.5 Å². The minimum Gasteiger partial charge on any atom is -0.393 e. The average Bonchev–Trinajstić information content (AvgIpc) is 2.88. The number of ether oxygens (including phenoxy) is 1. The van der Waals surface area contributed by atoms with Crippen molar-refractivity contribution in [3.8, 4) is 0 Å². The molecular weight excluding hydrogens is 238 g/mol. The van der Waals surface area contributed by atoms with E-state index >= 15 is 0 Å². The number of aliphatic hydroxyl groups is 1. The molecule has 2 rings (SSSR count). The molecule has 2 aliphatic carbocycles. The molecule has 0 amide bonds. The zero-order valence-electron chi connectivity index (χ0n) is 12.8. The highest BCUT2D eigenvalue weighted by atomic mass is 16.5. The molecule has 0 heterocycles. The van der Waals surface area contributed by atoms with Gasteiger partial charge in [-0.1, -0.05) is 26.7 Å². The maximum absolute atomic E-state index is 9.86. The standard InChI is InChI=1S/C16H31NO2/c1-4-19-15-11-14(16(15)8-5-6-9-16)17-10-7-13(18)12(2)3/h12-15,17-18H,4-11H2,1-3H3. The topological polar surface area (TPSA) is 41.5 Å². The van der Waals surface area contributed by atoms with Crippen molar-refractivity contribution in [3.05, 3.63) is 0 Å². The van der Waals surface area contributed by atoms with Crippen molar-refractivity contribution in [1.82, 2.24) is 5.32 Å². The highest BCUT2D eigenvalue weighted by molar-refractivity contribution is 5.09. The second-order valence-electron chi connectivity index (χ2n) is 6.73. The summed E-state index contributed by atoms with van der Waals surface area (Å²) in [6, 6.07) is 0.617. The molecule has 3 nitrogen and oxygen atoms in total. The molecule has 2 N–H and O–H groups in total. The molecule has 3 atom stereocenters. The lowest BCUT2D eigenvalue weighted by molar-refractivity contribution is -0.130. The van der Waals surface area contributed by atoms with Crippen LogP contribution in [0.1, 0.15) is 59.3 Å². The number of aliphatic hydroxyl groups excluding tert-OH is 1. The normalized spacial score (nSPS) is 30.8. The van der Waals surface area contributed by atoms with Crippen LogP contribution < -0.4 is 5.32 Å². The van der Waals surface area contributed by atoms with Crippen LogP contribution in [-0.2, 0) is 4.74 Å². The second-order valence-corrected chi connectivity index (χ2v) is 6.73. The van der Waals surface area contributed by atoms with Gasteiger partial charge in [0, 0.05) is 18.1 Å². The number of rotatable bonds is 7. The molecule has 19 heavy (non-hydrogen) atoms. The van der Waals surface area contributed by atoms with Crippen LogP contribution in [0, 0.1) is 11.3 Å². The van der Waals surface area contributed by atoms with E-state index in [1.54, 1.807) is 0 Å². The predicted octanol–water partition coefficient (Wildman–Crippen LogP) is 2.72. The first-order chi connectivity index (χ1) is 9.10. The highest BCUT2D eigenvalue weighted by Crippen LogP contribution is 2.54. The van der Waals surface area contributed by atoms with Crippen molar-refractivity contribution >= 4 is 0 Å². The van der Waals surface area contributed by atoms with E-state index in [9.17, 15) is 5.11 Å². The van der Waals surface area contributed by atoms with E-state index in [-0.39, 0.29) is 6.10 Å². The summed E-state index contributed by atoms with van der Waals surface area (Å²) in [6.07, 6.45) is 7.69. The zero-order valence-corrected chi connectivity index (χ0v) is 12.8. The van der Waals surface area contributed by atoms with Crippen LogP contribution in [0.25, 0.3) is 0 Å². The van der Waals surface area contributed by atoms with Gasteiger partial charge in [-0.05, 0) is 45.1 Å². The Labute approximate surface area is 118 Å². The number of hydrogen-bond acceptors (Lipinski definition) is 3. The molecule has 0 saturated heterocycles. The molecule has 2 aliphatic rings. The Morgan fingerprint density at radius 1 is 1.32 bits per heavy atom. The lowest BCUT2D eigenvalue weighted by Crippen LogP contribution is -2.62. The van der Waals surface area contributed by atoms with E-state index in [1.807, 2.05) is 0 Å². The van der Waals surface area contributed by atoms with Gasteiger partial charge < -0.3 is 15.2 Å². The minimum absolute atomic E-state index is 0.171. The fourth-order valence-corrected chi connectivity index (χ4v) is 3.91. The monoisotopic (exact) mass is 269 g/mol. The van der Waals surface area contributed by atoms with Gasteiger partial charge in [0.1, 0.15) is 0 Å². The quantitative estimate of drug-likeness (QED) is 0.746. The van der Waals surface area contributed by atoms with E-state index in [2.05, 4.69) is 26.1 Å². The van der Waals surface area contributed by atoms with Gasteiger partial charge in [0.15, 0.2) is 0 Å². The molecule has 0 aromatic rings. The molecule has 3 unspecified atom stereocenters. The van der Waals surface area contributed by atoms with Crippen molar-refractivity contribution in [2.24, 2.45) is 11.3 Å². The van der Waals surface area contributed by atoms with Crippen LogP contribution in [0.5, 0.6) is 0 Å². The molecule has 112 valence electrons. The summed E-state index contributed by atoms with van der Waals surface area (Å²) in [4.78, 5) is 0. The van der Waals surface area contributed by atoms with E-state index in [0.29, 0.717) is 23.5 Å². The van der Waals surface area contributed by atoms with Crippen molar-refractivity contribution < 1.29 is 9.84 Å². The number of nitrogens with one attached hydrogen (secondary N) is 1. The van der Waals surface area contributed by atoms with Gasteiger partial charge in [-0.3, -0.25) is 0 Å². The lowest BCUT2D eigenvalue weighted by atomic mass is 9.60. The highest BCUT2D eigenvalue weighted by Gasteiger charge is 2.56. The predicted molar refractivity (Wildman–Crippen MR) is 78.2 cm³/mol. The third-order valence-electron chi connectivity index (χ3n) is 5.29. The van der Waals surface area contributed by atoms with Crippen molar-refractivity contribution in [3.63, 3.8) is 0 Å². The Morgan fingerprint density at radius 2 is 2.00 bits per heavy atom. The van der Waals surface area contributed by atoms with Gasteiger partial charge in [-0.25, -0.2) is 0 Å². The first-order valence-electron chi connectivity index (χ1n) is 8.13. The third kappa shape index (κ3) is 3.14. The molecule has 0 bridgehead atoms. The van der Waals surface area contributed by atoms with E-state index < -0.39 is 0 Å². The minimum atomic E-state index is -0.171. The molecule has 0 radical (unpaired) electrons. The van der Waals surface area contributed by atoms with Crippen LogP contribution in [0.4, 0.5) is 0 Å². The first-order valence-corrected chi connectivity index (χ1v) is 8.13. The molecule has 2 fully saturated rings.